The molecule has 1 atom stereocenters. The van der Waals surface area contributed by atoms with E-state index in [1.807, 2.05) is 61.5 Å². The number of nitrogens with one attached hydrogen (secondary N) is 1. The first-order valence-corrected chi connectivity index (χ1v) is 12.9. The number of hydrogen-bond acceptors (Lipinski definition) is 3. The summed E-state index contributed by atoms with van der Waals surface area (Å²) in [7, 11) is 0. The Bertz CT molecular complexity index is 1140. The summed E-state index contributed by atoms with van der Waals surface area (Å²) in [6.45, 7) is 4.65. The Morgan fingerprint density at radius 2 is 1.69 bits per heavy atom. The van der Waals surface area contributed by atoms with Gasteiger partial charge in [0, 0.05) is 24.5 Å². The topological polar surface area (TPSA) is 58.6 Å². The van der Waals surface area contributed by atoms with E-state index in [1.54, 1.807) is 23.1 Å². The maximum Gasteiger partial charge on any atom is 0.261 e. The van der Waals surface area contributed by atoms with E-state index >= 15 is 0 Å². The van der Waals surface area contributed by atoms with Crippen LogP contribution in [0.15, 0.2) is 72.8 Å². The van der Waals surface area contributed by atoms with Crippen molar-refractivity contribution in [2.45, 2.75) is 45.7 Å². The molecule has 36 heavy (non-hydrogen) atoms. The van der Waals surface area contributed by atoms with E-state index in [0.29, 0.717) is 28.8 Å². The van der Waals surface area contributed by atoms with Crippen LogP contribution in [0.1, 0.15) is 36.5 Å². The molecule has 1 N–H and O–H groups in total. The number of benzene rings is 3. The highest BCUT2D eigenvalue weighted by Crippen LogP contribution is 2.27. The van der Waals surface area contributed by atoms with Crippen molar-refractivity contribution in [3.63, 3.8) is 0 Å². The van der Waals surface area contributed by atoms with Crippen molar-refractivity contribution >= 4 is 35.0 Å². The molecule has 0 heterocycles. The molecule has 0 fully saturated rings. The number of aryl methyl sites for hydroxylation is 1. The third-order valence-electron chi connectivity index (χ3n) is 5.82. The molecule has 190 valence electrons. The Morgan fingerprint density at radius 1 is 0.972 bits per heavy atom. The van der Waals surface area contributed by atoms with Gasteiger partial charge >= 0.3 is 0 Å². The van der Waals surface area contributed by atoms with Crippen LogP contribution in [0.5, 0.6) is 5.75 Å². The monoisotopic (exact) mass is 526 g/mol. The van der Waals surface area contributed by atoms with Crippen molar-refractivity contribution in [2.75, 3.05) is 13.2 Å². The molecule has 2 amide bonds. The molecule has 0 bridgehead atoms. The third kappa shape index (κ3) is 8.28. The molecule has 7 heteroatoms. The van der Waals surface area contributed by atoms with Crippen LogP contribution < -0.4 is 10.1 Å². The van der Waals surface area contributed by atoms with E-state index in [0.717, 1.165) is 29.5 Å². The molecule has 0 aliphatic rings. The summed E-state index contributed by atoms with van der Waals surface area (Å²) in [4.78, 5) is 28.6. The SMILES string of the molecule is CCCCNC(=O)[C@@H](Cc1ccccc1)N(Cc1ccc(C)cc1)C(=O)COc1ccc(Cl)cc1Cl. The summed E-state index contributed by atoms with van der Waals surface area (Å²) in [5, 5.41) is 3.81. The number of ether oxygens (including phenoxy) is 1. The Balaban J connectivity index is 1.88. The lowest BCUT2D eigenvalue weighted by Gasteiger charge is -2.31. The Labute approximate surface area is 223 Å². The predicted octanol–water partition coefficient (Wildman–Crippen LogP) is 6.24. The number of carbonyl (C=O) groups excluding carboxylic acids is 2. The number of nitrogens with zero attached hydrogens (tertiary/aromatic N) is 1. The van der Waals surface area contributed by atoms with Gasteiger partial charge in [0.15, 0.2) is 6.61 Å². The van der Waals surface area contributed by atoms with Crippen molar-refractivity contribution in [1.29, 1.82) is 0 Å². The second-order valence-electron chi connectivity index (χ2n) is 8.72. The Morgan fingerprint density at radius 3 is 2.36 bits per heavy atom. The van der Waals surface area contributed by atoms with Gasteiger partial charge in [0.25, 0.3) is 5.91 Å². The van der Waals surface area contributed by atoms with Crippen LogP contribution >= 0.6 is 23.2 Å². The van der Waals surface area contributed by atoms with Gasteiger partial charge in [-0.05, 0) is 42.7 Å². The molecular formula is C29H32Cl2N2O3. The van der Waals surface area contributed by atoms with Crippen LogP contribution in [0.2, 0.25) is 10.0 Å². The van der Waals surface area contributed by atoms with Crippen LogP contribution in [-0.2, 0) is 22.6 Å². The number of amides is 2. The molecule has 0 unspecified atom stereocenters. The first-order valence-electron chi connectivity index (χ1n) is 12.1. The van der Waals surface area contributed by atoms with Crippen LogP contribution in [0.25, 0.3) is 0 Å². The van der Waals surface area contributed by atoms with E-state index in [2.05, 4.69) is 12.2 Å². The summed E-state index contributed by atoms with van der Waals surface area (Å²) in [5.74, 6) is -0.137. The molecular weight excluding hydrogens is 495 g/mol. The second kappa shape index (κ2) is 13.9. The van der Waals surface area contributed by atoms with Crippen LogP contribution in [-0.4, -0.2) is 35.9 Å². The first-order chi connectivity index (χ1) is 17.4. The van der Waals surface area contributed by atoms with E-state index in [4.69, 9.17) is 27.9 Å². The van der Waals surface area contributed by atoms with Crippen molar-refractivity contribution in [3.8, 4) is 5.75 Å². The summed E-state index contributed by atoms with van der Waals surface area (Å²) in [6.07, 6.45) is 2.22. The minimum Gasteiger partial charge on any atom is -0.482 e. The molecule has 5 nitrogen and oxygen atoms in total. The Kier molecular flexibility index (Phi) is 10.6. The minimum atomic E-state index is -0.706. The lowest BCUT2D eigenvalue weighted by molar-refractivity contribution is -0.142. The van der Waals surface area contributed by atoms with Gasteiger partial charge in [0.1, 0.15) is 11.8 Å². The number of carbonyl (C=O) groups is 2. The van der Waals surface area contributed by atoms with Gasteiger partial charge < -0.3 is 15.0 Å². The summed E-state index contributed by atoms with van der Waals surface area (Å²) < 4.78 is 5.76. The second-order valence-corrected chi connectivity index (χ2v) is 9.56. The standard InChI is InChI=1S/C29H32Cl2N2O3/c1-3-4-16-32-29(35)26(17-22-8-6-5-7-9-22)33(19-23-12-10-21(2)11-13-23)28(34)20-36-27-15-14-24(30)18-25(27)31/h5-15,18,26H,3-4,16-17,19-20H2,1-2H3,(H,32,35)/t26-/m1/s1. The van der Waals surface area contributed by atoms with Crippen molar-refractivity contribution in [3.05, 3.63) is 99.5 Å². The summed E-state index contributed by atoms with van der Waals surface area (Å²) in [5.41, 5.74) is 3.02. The molecule has 3 aromatic carbocycles. The zero-order valence-corrected chi connectivity index (χ0v) is 22.2. The van der Waals surface area contributed by atoms with Gasteiger partial charge in [-0.2, -0.15) is 0 Å². The lowest BCUT2D eigenvalue weighted by atomic mass is 10.0. The van der Waals surface area contributed by atoms with Gasteiger partial charge in [0.2, 0.25) is 5.91 Å². The quantitative estimate of drug-likeness (QED) is 0.284. The highest BCUT2D eigenvalue weighted by Gasteiger charge is 2.30. The van der Waals surface area contributed by atoms with Gasteiger partial charge in [-0.25, -0.2) is 0 Å². The van der Waals surface area contributed by atoms with Gasteiger partial charge in [-0.15, -0.1) is 0 Å². The van der Waals surface area contributed by atoms with Crippen LogP contribution in [0, 0.1) is 6.92 Å². The largest absolute Gasteiger partial charge is 0.482 e. The zero-order valence-electron chi connectivity index (χ0n) is 20.7. The smallest absolute Gasteiger partial charge is 0.261 e. The Hall–Kier alpha value is -3.02. The maximum atomic E-state index is 13.6. The van der Waals surface area contributed by atoms with Crippen LogP contribution in [0.4, 0.5) is 0 Å². The van der Waals surface area contributed by atoms with Crippen molar-refractivity contribution in [1.82, 2.24) is 10.2 Å². The van der Waals surface area contributed by atoms with Gasteiger partial charge in [-0.1, -0.05) is 96.7 Å². The lowest BCUT2D eigenvalue weighted by Crippen LogP contribution is -2.51. The molecule has 0 radical (unpaired) electrons. The van der Waals surface area contributed by atoms with E-state index < -0.39 is 6.04 Å². The average Bonchev–Trinajstić information content (AvgIpc) is 2.87. The third-order valence-corrected chi connectivity index (χ3v) is 6.35. The van der Waals surface area contributed by atoms with Crippen molar-refractivity contribution in [2.24, 2.45) is 0 Å². The number of hydrogen-bond donors (Lipinski definition) is 1. The number of rotatable bonds is 12. The fourth-order valence-corrected chi connectivity index (χ4v) is 4.23. The zero-order chi connectivity index (χ0) is 25.9. The van der Waals surface area contributed by atoms with E-state index in [1.165, 1.54) is 0 Å². The molecule has 3 aromatic rings. The number of unbranched alkanes of at least 4 members (excludes halogenated alkanes) is 1. The van der Waals surface area contributed by atoms with Crippen LogP contribution in [0.3, 0.4) is 0 Å². The van der Waals surface area contributed by atoms with Crippen molar-refractivity contribution < 1.29 is 14.3 Å². The predicted molar refractivity (Wildman–Crippen MR) is 146 cm³/mol. The summed E-state index contributed by atoms with van der Waals surface area (Å²) in [6, 6.07) is 21.8. The first kappa shape index (κ1) is 27.6. The van der Waals surface area contributed by atoms with E-state index in [-0.39, 0.29) is 25.0 Å². The average molecular weight is 527 g/mol. The fraction of sp³-hybridized carbons (Fsp3) is 0.310. The van der Waals surface area contributed by atoms with Gasteiger partial charge in [0.05, 0.1) is 5.02 Å². The molecule has 0 aromatic heterocycles. The molecule has 0 spiro atoms. The maximum absolute atomic E-state index is 13.6. The molecule has 0 saturated carbocycles. The minimum absolute atomic E-state index is 0.183. The highest BCUT2D eigenvalue weighted by molar-refractivity contribution is 6.35. The molecule has 3 rings (SSSR count). The normalized spacial score (nSPS) is 11.6. The fourth-order valence-electron chi connectivity index (χ4n) is 3.76. The molecule has 0 aliphatic heterocycles. The number of halogens is 2. The molecule has 0 aliphatic carbocycles. The highest BCUT2D eigenvalue weighted by atomic mass is 35.5. The summed E-state index contributed by atoms with van der Waals surface area (Å²) >= 11 is 12.2. The van der Waals surface area contributed by atoms with Gasteiger partial charge in [-0.3, -0.25) is 9.59 Å². The van der Waals surface area contributed by atoms with E-state index in [9.17, 15) is 9.59 Å². The molecule has 0 saturated heterocycles.